The Labute approximate surface area is 182 Å². The maximum Gasteiger partial charge on any atom is 0.227 e. The average Bonchev–Trinajstić information content (AvgIpc) is 2.78. The van der Waals surface area contributed by atoms with Crippen LogP contribution in [-0.2, 0) is 9.59 Å². The quantitative estimate of drug-likeness (QED) is 0.621. The number of rotatable bonds is 8. The van der Waals surface area contributed by atoms with Crippen molar-refractivity contribution in [2.45, 2.75) is 24.2 Å². The van der Waals surface area contributed by atoms with Gasteiger partial charge in [0, 0.05) is 23.8 Å². The summed E-state index contributed by atoms with van der Waals surface area (Å²) in [6.45, 7) is 2.34. The van der Waals surface area contributed by atoms with Crippen LogP contribution in [0.4, 0.5) is 11.4 Å². The molecule has 2 aromatic rings. The van der Waals surface area contributed by atoms with Crippen LogP contribution in [-0.4, -0.2) is 49.7 Å². The predicted octanol–water partition coefficient (Wildman–Crippen LogP) is 4.10. The number of carbonyl (C=O) groups excluding carboxylic acids is 2. The monoisotopic (exact) mass is 427 g/mol. The van der Waals surface area contributed by atoms with Gasteiger partial charge in [-0.15, -0.1) is 11.8 Å². The molecule has 0 aromatic heterocycles. The van der Waals surface area contributed by atoms with Gasteiger partial charge in [-0.2, -0.15) is 0 Å². The number of likely N-dealkylation sites (tertiary alicyclic amines) is 1. The molecule has 1 fully saturated rings. The summed E-state index contributed by atoms with van der Waals surface area (Å²) < 4.78 is 5.30. The van der Waals surface area contributed by atoms with Crippen molar-refractivity contribution >= 4 is 35.0 Å². The number of nitrogens with one attached hydrogen (secondary N) is 2. The summed E-state index contributed by atoms with van der Waals surface area (Å²) in [5.41, 5.74) is 1.57. The average molecular weight is 428 g/mol. The van der Waals surface area contributed by atoms with E-state index in [9.17, 15) is 9.59 Å². The number of piperidine rings is 1. The second-order valence-corrected chi connectivity index (χ2v) is 8.15. The van der Waals surface area contributed by atoms with E-state index in [0.717, 1.165) is 36.5 Å². The first-order valence-corrected chi connectivity index (χ1v) is 11.4. The van der Waals surface area contributed by atoms with Gasteiger partial charge in [0.2, 0.25) is 11.8 Å². The molecule has 6 nitrogen and oxygen atoms in total. The lowest BCUT2D eigenvalue weighted by atomic mass is 9.95. The van der Waals surface area contributed by atoms with Crippen LogP contribution in [0.2, 0.25) is 0 Å². The molecule has 0 spiro atoms. The Morgan fingerprint density at radius 3 is 2.40 bits per heavy atom. The topological polar surface area (TPSA) is 70.7 Å². The number of anilines is 2. The molecule has 2 aromatic carbocycles. The molecule has 0 atom stereocenters. The van der Waals surface area contributed by atoms with Gasteiger partial charge in [0.1, 0.15) is 5.75 Å². The molecule has 1 heterocycles. The number of methoxy groups -OCH3 is 1. The lowest BCUT2D eigenvalue weighted by molar-refractivity contribution is -0.121. The first-order chi connectivity index (χ1) is 14.6. The van der Waals surface area contributed by atoms with Crippen LogP contribution < -0.4 is 15.4 Å². The normalized spacial score (nSPS) is 14.9. The van der Waals surface area contributed by atoms with Crippen molar-refractivity contribution < 1.29 is 14.3 Å². The number of thioether (sulfide) groups is 1. The Morgan fingerprint density at radius 1 is 1.03 bits per heavy atom. The molecule has 3 rings (SSSR count). The second-order valence-electron chi connectivity index (χ2n) is 7.30. The largest absolute Gasteiger partial charge is 0.495 e. The molecule has 1 aliphatic rings. The van der Waals surface area contributed by atoms with E-state index in [4.69, 9.17) is 4.74 Å². The van der Waals surface area contributed by atoms with Crippen molar-refractivity contribution in [3.8, 4) is 5.75 Å². The minimum atomic E-state index is -0.0200. The van der Waals surface area contributed by atoms with E-state index in [1.54, 1.807) is 18.9 Å². The zero-order valence-corrected chi connectivity index (χ0v) is 18.3. The summed E-state index contributed by atoms with van der Waals surface area (Å²) in [6, 6.07) is 15.3. The van der Waals surface area contributed by atoms with Gasteiger partial charge in [0.25, 0.3) is 0 Å². The summed E-state index contributed by atoms with van der Waals surface area (Å²) in [5.74, 6) is 0.698. The first-order valence-electron chi connectivity index (χ1n) is 10.2. The third-order valence-electron chi connectivity index (χ3n) is 5.36. The number of hydrogen-bond donors (Lipinski definition) is 2. The maximum absolute atomic E-state index is 12.6. The maximum atomic E-state index is 12.6. The highest BCUT2D eigenvalue weighted by molar-refractivity contribution is 7.98. The van der Waals surface area contributed by atoms with E-state index < -0.39 is 0 Å². The van der Waals surface area contributed by atoms with E-state index in [-0.39, 0.29) is 17.7 Å². The number of ether oxygens (including phenoxy) is 1. The van der Waals surface area contributed by atoms with Crippen LogP contribution in [0.3, 0.4) is 0 Å². The van der Waals surface area contributed by atoms with Gasteiger partial charge in [-0.05, 0) is 56.5 Å². The zero-order valence-electron chi connectivity index (χ0n) is 17.5. The van der Waals surface area contributed by atoms with Gasteiger partial charge in [-0.25, -0.2) is 0 Å². The predicted molar refractivity (Wildman–Crippen MR) is 122 cm³/mol. The number of nitrogens with zero attached hydrogens (tertiary/aromatic N) is 1. The van der Waals surface area contributed by atoms with Gasteiger partial charge >= 0.3 is 0 Å². The number of hydrogen-bond acceptors (Lipinski definition) is 5. The van der Waals surface area contributed by atoms with E-state index in [0.29, 0.717) is 24.4 Å². The lowest BCUT2D eigenvalue weighted by Crippen LogP contribution is -2.39. The Balaban J connectivity index is 1.42. The third-order valence-corrected chi connectivity index (χ3v) is 6.16. The molecular weight excluding hydrogens is 398 g/mol. The van der Waals surface area contributed by atoms with Gasteiger partial charge in [0.05, 0.1) is 18.5 Å². The van der Waals surface area contributed by atoms with E-state index in [1.807, 2.05) is 54.8 Å². The van der Waals surface area contributed by atoms with Crippen molar-refractivity contribution in [2.75, 3.05) is 43.6 Å². The lowest BCUT2D eigenvalue weighted by Gasteiger charge is -2.31. The van der Waals surface area contributed by atoms with Crippen molar-refractivity contribution in [3.63, 3.8) is 0 Å². The molecular formula is C23H29N3O3S. The Hall–Kier alpha value is -2.51. The fraction of sp³-hybridized carbons (Fsp3) is 0.391. The van der Waals surface area contributed by atoms with Gasteiger partial charge < -0.3 is 20.3 Å². The summed E-state index contributed by atoms with van der Waals surface area (Å²) in [7, 11) is 1.60. The second kappa shape index (κ2) is 11.0. The number of benzene rings is 2. The Morgan fingerprint density at radius 2 is 1.70 bits per heavy atom. The molecule has 160 valence electrons. The number of amides is 2. The Kier molecular flexibility index (Phi) is 8.16. The molecule has 1 saturated heterocycles. The van der Waals surface area contributed by atoms with Crippen molar-refractivity contribution in [2.24, 2.45) is 5.92 Å². The van der Waals surface area contributed by atoms with Crippen LogP contribution in [0, 0.1) is 5.92 Å². The zero-order chi connectivity index (χ0) is 21.3. The molecule has 30 heavy (non-hydrogen) atoms. The fourth-order valence-electron chi connectivity index (χ4n) is 3.62. The fourth-order valence-corrected chi connectivity index (χ4v) is 4.18. The number of carbonyl (C=O) groups is 2. The van der Waals surface area contributed by atoms with E-state index in [2.05, 4.69) is 15.5 Å². The van der Waals surface area contributed by atoms with Crippen LogP contribution in [0.5, 0.6) is 5.75 Å². The summed E-state index contributed by atoms with van der Waals surface area (Å²) in [4.78, 5) is 28.3. The van der Waals surface area contributed by atoms with Crippen molar-refractivity contribution in [1.82, 2.24) is 4.90 Å². The van der Waals surface area contributed by atoms with Crippen molar-refractivity contribution in [1.29, 1.82) is 0 Å². The standard InChI is InChI=1S/C23H29N3O3S/c1-29-20-9-5-3-7-18(20)25-23(28)17-11-14-26(15-12-17)16-13-22(27)24-19-8-4-6-10-21(19)30-2/h3-10,17H,11-16H2,1-2H3,(H,24,27)(H,25,28). The molecule has 0 saturated carbocycles. The molecule has 2 N–H and O–H groups in total. The van der Waals surface area contributed by atoms with Gasteiger partial charge in [0.15, 0.2) is 0 Å². The highest BCUT2D eigenvalue weighted by Gasteiger charge is 2.25. The smallest absolute Gasteiger partial charge is 0.227 e. The molecule has 0 radical (unpaired) electrons. The van der Waals surface area contributed by atoms with Crippen LogP contribution in [0.25, 0.3) is 0 Å². The molecule has 2 amide bonds. The van der Waals surface area contributed by atoms with Gasteiger partial charge in [-0.1, -0.05) is 24.3 Å². The van der Waals surface area contributed by atoms with E-state index in [1.165, 1.54) is 0 Å². The Bertz CT molecular complexity index is 866. The minimum Gasteiger partial charge on any atom is -0.495 e. The summed E-state index contributed by atoms with van der Waals surface area (Å²) in [6.07, 6.45) is 4.02. The summed E-state index contributed by atoms with van der Waals surface area (Å²) in [5, 5.41) is 5.99. The molecule has 0 aliphatic carbocycles. The van der Waals surface area contributed by atoms with Crippen molar-refractivity contribution in [3.05, 3.63) is 48.5 Å². The van der Waals surface area contributed by atoms with Gasteiger partial charge in [-0.3, -0.25) is 9.59 Å². The molecule has 7 heteroatoms. The first kappa shape index (κ1) is 22.2. The van der Waals surface area contributed by atoms with Crippen LogP contribution in [0.15, 0.2) is 53.4 Å². The third kappa shape index (κ3) is 6.00. The molecule has 1 aliphatic heterocycles. The number of para-hydroxylation sites is 3. The highest BCUT2D eigenvalue weighted by Crippen LogP contribution is 2.26. The molecule has 0 unspecified atom stereocenters. The van der Waals surface area contributed by atoms with E-state index >= 15 is 0 Å². The summed E-state index contributed by atoms with van der Waals surface area (Å²) >= 11 is 1.62. The highest BCUT2D eigenvalue weighted by atomic mass is 32.2. The SMILES string of the molecule is COc1ccccc1NC(=O)C1CCN(CCC(=O)Nc2ccccc2SC)CC1. The molecule has 0 bridgehead atoms. The minimum absolute atomic E-state index is 0.0200. The van der Waals surface area contributed by atoms with Crippen LogP contribution >= 0.6 is 11.8 Å². The van der Waals surface area contributed by atoms with Crippen LogP contribution in [0.1, 0.15) is 19.3 Å².